The number of benzene rings is 3. The predicted molar refractivity (Wildman–Crippen MR) is 89.4 cm³/mol. The minimum atomic E-state index is -0.0657. The third-order valence-electron chi connectivity index (χ3n) is 3.35. The highest BCUT2D eigenvalue weighted by Gasteiger charge is 2.27. The third kappa shape index (κ3) is 3.18. The SMILES string of the molecule is NCc1ccc([S+](c2ccccc2)c2ccccc2)cc1. The lowest BCUT2D eigenvalue weighted by molar-refractivity contribution is 1.06. The minimum absolute atomic E-state index is 0.0657. The Morgan fingerprint density at radius 3 is 1.43 bits per heavy atom. The van der Waals surface area contributed by atoms with Crippen LogP contribution >= 0.6 is 0 Å². The number of nitrogens with two attached hydrogens (primary N) is 1. The summed E-state index contributed by atoms with van der Waals surface area (Å²) in [7, 11) is -0.0657. The molecule has 104 valence electrons. The van der Waals surface area contributed by atoms with Crippen LogP contribution in [0.2, 0.25) is 0 Å². The first-order chi connectivity index (χ1) is 10.4. The van der Waals surface area contributed by atoms with Crippen molar-refractivity contribution in [3.63, 3.8) is 0 Å². The van der Waals surface area contributed by atoms with Crippen molar-refractivity contribution in [3.8, 4) is 0 Å². The molecule has 0 atom stereocenters. The molecule has 0 saturated heterocycles. The molecule has 0 aromatic heterocycles. The molecule has 0 unspecified atom stereocenters. The standard InChI is InChI=1S/C19H18NS/c20-15-16-11-13-19(14-12-16)21(17-7-3-1-4-8-17)18-9-5-2-6-10-18/h1-14H,15,20H2/q+1. The summed E-state index contributed by atoms with van der Waals surface area (Å²) in [6.45, 7) is 0.588. The van der Waals surface area contributed by atoms with Gasteiger partial charge in [-0.15, -0.1) is 0 Å². The molecule has 0 radical (unpaired) electrons. The summed E-state index contributed by atoms with van der Waals surface area (Å²) < 4.78 is 0. The zero-order chi connectivity index (χ0) is 14.5. The lowest BCUT2D eigenvalue weighted by Gasteiger charge is -2.08. The Morgan fingerprint density at radius 2 is 1.00 bits per heavy atom. The molecular weight excluding hydrogens is 274 g/mol. The average molecular weight is 292 g/mol. The fourth-order valence-corrected chi connectivity index (χ4v) is 4.37. The second-order valence-electron chi connectivity index (χ2n) is 4.78. The van der Waals surface area contributed by atoms with Gasteiger partial charge in [-0.3, -0.25) is 0 Å². The molecule has 0 aliphatic carbocycles. The number of hydrogen-bond donors (Lipinski definition) is 1. The van der Waals surface area contributed by atoms with Crippen molar-refractivity contribution in [3.05, 3.63) is 90.5 Å². The average Bonchev–Trinajstić information content (AvgIpc) is 2.58. The lowest BCUT2D eigenvalue weighted by atomic mass is 10.2. The summed E-state index contributed by atoms with van der Waals surface area (Å²) in [4.78, 5) is 4.00. The van der Waals surface area contributed by atoms with E-state index < -0.39 is 0 Å². The fraction of sp³-hybridized carbons (Fsp3) is 0.0526. The second kappa shape index (κ2) is 6.61. The third-order valence-corrected chi connectivity index (χ3v) is 5.58. The van der Waals surface area contributed by atoms with E-state index in [0.29, 0.717) is 6.54 Å². The molecule has 0 aliphatic rings. The van der Waals surface area contributed by atoms with E-state index in [4.69, 9.17) is 5.73 Å². The van der Waals surface area contributed by atoms with E-state index in [1.165, 1.54) is 20.2 Å². The molecule has 3 rings (SSSR count). The van der Waals surface area contributed by atoms with Crippen LogP contribution in [0.5, 0.6) is 0 Å². The monoisotopic (exact) mass is 292 g/mol. The van der Waals surface area contributed by atoms with Crippen LogP contribution in [0.15, 0.2) is 99.6 Å². The van der Waals surface area contributed by atoms with Crippen LogP contribution < -0.4 is 5.73 Å². The molecule has 2 heteroatoms. The highest BCUT2D eigenvalue weighted by molar-refractivity contribution is 7.97. The van der Waals surface area contributed by atoms with Crippen molar-refractivity contribution < 1.29 is 0 Å². The molecule has 0 amide bonds. The van der Waals surface area contributed by atoms with Crippen LogP contribution in [0.25, 0.3) is 0 Å². The van der Waals surface area contributed by atoms with Crippen LogP contribution in [0.1, 0.15) is 5.56 Å². The Kier molecular flexibility index (Phi) is 4.39. The first-order valence-corrected chi connectivity index (χ1v) is 8.24. The maximum Gasteiger partial charge on any atom is 0.166 e. The maximum atomic E-state index is 5.70. The molecule has 2 N–H and O–H groups in total. The maximum absolute atomic E-state index is 5.70. The summed E-state index contributed by atoms with van der Waals surface area (Å²) in [5.41, 5.74) is 6.87. The van der Waals surface area contributed by atoms with E-state index in [1.807, 2.05) is 0 Å². The van der Waals surface area contributed by atoms with Crippen molar-refractivity contribution in [2.24, 2.45) is 5.73 Å². The molecular formula is C19H18NS+. The largest absolute Gasteiger partial charge is 0.326 e. The molecule has 0 fully saturated rings. The van der Waals surface area contributed by atoms with Gasteiger partial charge >= 0.3 is 0 Å². The quantitative estimate of drug-likeness (QED) is 0.715. The van der Waals surface area contributed by atoms with E-state index in [-0.39, 0.29) is 10.9 Å². The first-order valence-electron chi connectivity index (χ1n) is 7.02. The van der Waals surface area contributed by atoms with Crippen LogP contribution in [0.3, 0.4) is 0 Å². The fourth-order valence-electron chi connectivity index (χ4n) is 2.28. The van der Waals surface area contributed by atoms with Gasteiger partial charge in [-0.2, -0.15) is 0 Å². The zero-order valence-corrected chi connectivity index (χ0v) is 12.6. The molecule has 3 aromatic carbocycles. The number of hydrogen-bond acceptors (Lipinski definition) is 1. The van der Waals surface area contributed by atoms with Gasteiger partial charge in [0, 0.05) is 6.54 Å². The molecule has 0 heterocycles. The van der Waals surface area contributed by atoms with Gasteiger partial charge in [0.1, 0.15) is 0 Å². The van der Waals surface area contributed by atoms with Gasteiger partial charge in [0.2, 0.25) is 0 Å². The smallest absolute Gasteiger partial charge is 0.166 e. The van der Waals surface area contributed by atoms with E-state index in [2.05, 4.69) is 84.9 Å². The molecule has 0 saturated carbocycles. The minimum Gasteiger partial charge on any atom is -0.326 e. The Balaban J connectivity index is 2.07. The van der Waals surface area contributed by atoms with Crippen molar-refractivity contribution >= 4 is 10.9 Å². The second-order valence-corrected chi connectivity index (χ2v) is 6.81. The summed E-state index contributed by atoms with van der Waals surface area (Å²) in [5.74, 6) is 0. The predicted octanol–water partition coefficient (Wildman–Crippen LogP) is 4.24. The van der Waals surface area contributed by atoms with E-state index in [9.17, 15) is 0 Å². The van der Waals surface area contributed by atoms with Crippen molar-refractivity contribution in [1.82, 2.24) is 0 Å². The van der Waals surface area contributed by atoms with Gasteiger partial charge in [-0.25, -0.2) is 0 Å². The van der Waals surface area contributed by atoms with Crippen molar-refractivity contribution in [2.75, 3.05) is 0 Å². The highest BCUT2D eigenvalue weighted by Crippen LogP contribution is 2.30. The van der Waals surface area contributed by atoms with E-state index in [1.54, 1.807) is 0 Å². The lowest BCUT2D eigenvalue weighted by Crippen LogP contribution is -2.05. The molecule has 0 bridgehead atoms. The Hall–Kier alpha value is -2.03. The highest BCUT2D eigenvalue weighted by atomic mass is 32.2. The van der Waals surface area contributed by atoms with Crippen LogP contribution in [0, 0.1) is 0 Å². The van der Waals surface area contributed by atoms with E-state index >= 15 is 0 Å². The van der Waals surface area contributed by atoms with Crippen LogP contribution in [-0.4, -0.2) is 0 Å². The summed E-state index contributed by atoms with van der Waals surface area (Å²) >= 11 is 0. The zero-order valence-electron chi connectivity index (χ0n) is 11.8. The Bertz CT molecular complexity index is 638. The van der Waals surface area contributed by atoms with Gasteiger partial charge in [-0.1, -0.05) is 48.5 Å². The van der Waals surface area contributed by atoms with Crippen LogP contribution in [-0.2, 0) is 17.4 Å². The van der Waals surface area contributed by atoms with Gasteiger partial charge in [-0.05, 0) is 42.0 Å². The van der Waals surface area contributed by atoms with Crippen molar-refractivity contribution in [2.45, 2.75) is 21.2 Å². The molecule has 1 nitrogen and oxygen atoms in total. The van der Waals surface area contributed by atoms with E-state index in [0.717, 1.165) is 0 Å². The number of rotatable bonds is 4. The van der Waals surface area contributed by atoms with Gasteiger partial charge in [0.15, 0.2) is 14.7 Å². The topological polar surface area (TPSA) is 26.0 Å². The summed E-state index contributed by atoms with van der Waals surface area (Å²) in [5, 5.41) is 0. The Morgan fingerprint density at radius 1 is 0.571 bits per heavy atom. The summed E-state index contributed by atoms with van der Waals surface area (Å²) in [6, 6.07) is 30.0. The van der Waals surface area contributed by atoms with Gasteiger partial charge in [0.25, 0.3) is 0 Å². The Labute approximate surface area is 128 Å². The van der Waals surface area contributed by atoms with Gasteiger partial charge < -0.3 is 5.73 Å². The normalized spacial score (nSPS) is 10.8. The first kappa shape index (κ1) is 13.9. The molecule has 0 spiro atoms. The molecule has 3 aromatic rings. The molecule has 0 aliphatic heterocycles. The molecule has 21 heavy (non-hydrogen) atoms. The summed E-state index contributed by atoms with van der Waals surface area (Å²) in [6.07, 6.45) is 0. The van der Waals surface area contributed by atoms with Crippen molar-refractivity contribution in [1.29, 1.82) is 0 Å². The van der Waals surface area contributed by atoms with Gasteiger partial charge in [0.05, 0.1) is 10.9 Å². The van der Waals surface area contributed by atoms with Crippen LogP contribution in [0.4, 0.5) is 0 Å².